The summed E-state index contributed by atoms with van der Waals surface area (Å²) in [6.45, 7) is 1.41. The smallest absolute Gasteiger partial charge is 0.326 e. The van der Waals surface area contributed by atoms with Crippen LogP contribution in [0.5, 0.6) is 0 Å². The van der Waals surface area contributed by atoms with Crippen LogP contribution < -0.4 is 10.2 Å². The van der Waals surface area contributed by atoms with Gasteiger partial charge in [0.2, 0.25) is 0 Å². The molecule has 0 spiro atoms. The molecule has 3 heterocycles. The highest BCUT2D eigenvalue weighted by Gasteiger charge is 2.35. The normalized spacial score (nSPS) is 18.4. The Morgan fingerprint density at radius 3 is 2.69 bits per heavy atom. The van der Waals surface area contributed by atoms with Gasteiger partial charge in [0.25, 0.3) is 5.91 Å². The van der Waals surface area contributed by atoms with E-state index in [-0.39, 0.29) is 11.9 Å². The van der Waals surface area contributed by atoms with Crippen LogP contribution in [0.25, 0.3) is 0 Å². The van der Waals surface area contributed by atoms with Crippen LogP contribution in [0.2, 0.25) is 0 Å². The topological polar surface area (TPSA) is 78.7 Å². The molecule has 7 nitrogen and oxygen atoms in total. The largest absolute Gasteiger partial charge is 0.472 e. The van der Waals surface area contributed by atoms with E-state index < -0.39 is 0 Å². The molecule has 1 N–H and O–H groups in total. The van der Waals surface area contributed by atoms with Gasteiger partial charge in [-0.05, 0) is 31.0 Å². The van der Waals surface area contributed by atoms with E-state index in [0.717, 1.165) is 19.4 Å². The fourth-order valence-electron chi connectivity index (χ4n) is 3.71. The first kappa shape index (κ1) is 16.6. The number of hydrogen-bond acceptors (Lipinski definition) is 4. The van der Waals surface area contributed by atoms with Crippen LogP contribution in [-0.4, -0.2) is 41.0 Å². The molecular formula is C19H22N4O3. The molecule has 1 aliphatic carbocycles. The zero-order valence-electron chi connectivity index (χ0n) is 14.6. The van der Waals surface area contributed by atoms with Crippen molar-refractivity contribution in [3.05, 3.63) is 42.5 Å². The summed E-state index contributed by atoms with van der Waals surface area (Å²) in [6, 6.07) is 5.54. The summed E-state index contributed by atoms with van der Waals surface area (Å²) in [5, 5.41) is 2.76. The van der Waals surface area contributed by atoms with Gasteiger partial charge in [-0.2, -0.15) is 0 Å². The number of anilines is 2. The Labute approximate surface area is 152 Å². The van der Waals surface area contributed by atoms with Crippen LogP contribution in [-0.2, 0) is 0 Å². The Morgan fingerprint density at radius 2 is 2.00 bits per heavy atom. The van der Waals surface area contributed by atoms with Crippen molar-refractivity contribution >= 4 is 23.4 Å². The standard InChI is InChI=1S/C19H22N4O3/c24-18(14-8-11-26-13-14)21-15-6-7-17(20-12-15)23-10-9-22(19(23)25)16-4-2-1-3-5-16/h6-8,11-13,16H,1-5,9-10H2,(H,21,24). The summed E-state index contributed by atoms with van der Waals surface area (Å²) < 4.78 is 4.91. The molecule has 7 heteroatoms. The summed E-state index contributed by atoms with van der Waals surface area (Å²) in [4.78, 5) is 32.9. The van der Waals surface area contributed by atoms with E-state index in [0.29, 0.717) is 29.7 Å². The van der Waals surface area contributed by atoms with E-state index in [2.05, 4.69) is 10.3 Å². The van der Waals surface area contributed by atoms with Gasteiger partial charge in [0.1, 0.15) is 12.1 Å². The molecule has 3 amide bonds. The van der Waals surface area contributed by atoms with Crippen LogP contribution in [0, 0.1) is 0 Å². The predicted octanol–water partition coefficient (Wildman–Crippen LogP) is 3.50. The van der Waals surface area contributed by atoms with E-state index in [1.54, 1.807) is 29.3 Å². The van der Waals surface area contributed by atoms with Gasteiger partial charge >= 0.3 is 6.03 Å². The molecule has 1 saturated carbocycles. The lowest BCUT2D eigenvalue weighted by molar-refractivity contribution is 0.102. The molecule has 136 valence electrons. The number of carbonyl (C=O) groups is 2. The Balaban J connectivity index is 1.40. The van der Waals surface area contributed by atoms with Crippen molar-refractivity contribution in [3.63, 3.8) is 0 Å². The number of carbonyl (C=O) groups excluding carboxylic acids is 2. The van der Waals surface area contributed by atoms with Crippen molar-refractivity contribution in [2.75, 3.05) is 23.3 Å². The highest BCUT2D eigenvalue weighted by molar-refractivity contribution is 6.04. The minimum Gasteiger partial charge on any atom is -0.472 e. The number of aromatic nitrogens is 1. The number of amides is 3. The number of urea groups is 1. The molecule has 26 heavy (non-hydrogen) atoms. The number of pyridine rings is 1. The molecule has 2 aromatic rings. The molecule has 0 radical (unpaired) electrons. The number of nitrogens with zero attached hydrogens (tertiary/aromatic N) is 3. The summed E-state index contributed by atoms with van der Waals surface area (Å²) in [6.07, 6.45) is 10.3. The van der Waals surface area contributed by atoms with Crippen molar-refractivity contribution in [2.45, 2.75) is 38.1 Å². The monoisotopic (exact) mass is 354 g/mol. The maximum atomic E-state index is 12.8. The fourth-order valence-corrected chi connectivity index (χ4v) is 3.71. The molecule has 2 aliphatic rings. The molecule has 1 saturated heterocycles. The third kappa shape index (κ3) is 3.29. The summed E-state index contributed by atoms with van der Waals surface area (Å²) in [5.41, 5.74) is 1.03. The average Bonchev–Trinajstić information content (AvgIpc) is 3.33. The maximum Gasteiger partial charge on any atom is 0.326 e. The lowest BCUT2D eigenvalue weighted by Crippen LogP contribution is -2.40. The maximum absolute atomic E-state index is 12.8. The Hall–Kier alpha value is -2.83. The first-order chi connectivity index (χ1) is 12.7. The van der Waals surface area contributed by atoms with E-state index in [1.165, 1.54) is 31.8 Å². The molecule has 0 bridgehead atoms. The first-order valence-electron chi connectivity index (χ1n) is 9.10. The van der Waals surface area contributed by atoms with Crippen LogP contribution in [0.15, 0.2) is 41.3 Å². The van der Waals surface area contributed by atoms with Crippen molar-refractivity contribution in [1.82, 2.24) is 9.88 Å². The molecule has 0 aromatic carbocycles. The molecule has 0 unspecified atom stereocenters. The van der Waals surface area contributed by atoms with Gasteiger partial charge in [0.05, 0.1) is 23.7 Å². The lowest BCUT2D eigenvalue weighted by atomic mass is 9.94. The number of rotatable bonds is 4. The number of hydrogen-bond donors (Lipinski definition) is 1. The fraction of sp³-hybridized carbons (Fsp3) is 0.421. The Morgan fingerprint density at radius 1 is 1.15 bits per heavy atom. The Kier molecular flexibility index (Phi) is 4.60. The quantitative estimate of drug-likeness (QED) is 0.911. The second kappa shape index (κ2) is 7.19. The van der Waals surface area contributed by atoms with Gasteiger partial charge in [0, 0.05) is 19.1 Å². The lowest BCUT2D eigenvalue weighted by Gasteiger charge is -2.30. The van der Waals surface area contributed by atoms with E-state index in [9.17, 15) is 9.59 Å². The van der Waals surface area contributed by atoms with Gasteiger partial charge in [-0.25, -0.2) is 9.78 Å². The van der Waals surface area contributed by atoms with Crippen molar-refractivity contribution in [3.8, 4) is 0 Å². The second-order valence-electron chi connectivity index (χ2n) is 6.79. The van der Waals surface area contributed by atoms with Gasteiger partial charge in [-0.3, -0.25) is 9.69 Å². The average molecular weight is 354 g/mol. The zero-order valence-corrected chi connectivity index (χ0v) is 14.6. The van der Waals surface area contributed by atoms with E-state index in [4.69, 9.17) is 4.42 Å². The zero-order chi connectivity index (χ0) is 17.9. The van der Waals surface area contributed by atoms with Gasteiger partial charge in [0.15, 0.2) is 0 Å². The summed E-state index contributed by atoms with van der Waals surface area (Å²) in [5.74, 6) is 0.364. The van der Waals surface area contributed by atoms with Gasteiger partial charge in [-0.1, -0.05) is 19.3 Å². The number of nitrogens with one attached hydrogen (secondary N) is 1. The third-order valence-corrected chi connectivity index (χ3v) is 5.12. The van der Waals surface area contributed by atoms with Crippen molar-refractivity contribution < 1.29 is 14.0 Å². The van der Waals surface area contributed by atoms with Crippen molar-refractivity contribution in [2.24, 2.45) is 0 Å². The van der Waals surface area contributed by atoms with Crippen LogP contribution in [0.4, 0.5) is 16.3 Å². The van der Waals surface area contributed by atoms with E-state index >= 15 is 0 Å². The predicted molar refractivity (Wildman–Crippen MR) is 97.2 cm³/mol. The summed E-state index contributed by atoms with van der Waals surface area (Å²) >= 11 is 0. The minimum absolute atomic E-state index is 0.0413. The second-order valence-corrected chi connectivity index (χ2v) is 6.79. The molecule has 4 rings (SSSR count). The molecular weight excluding hydrogens is 332 g/mol. The first-order valence-corrected chi connectivity index (χ1v) is 9.10. The van der Waals surface area contributed by atoms with Crippen LogP contribution in [0.1, 0.15) is 42.5 Å². The van der Waals surface area contributed by atoms with Crippen molar-refractivity contribution in [1.29, 1.82) is 0 Å². The SMILES string of the molecule is O=C(Nc1ccc(N2CCN(C3CCCCC3)C2=O)nc1)c1ccoc1. The highest BCUT2D eigenvalue weighted by atomic mass is 16.3. The van der Waals surface area contributed by atoms with E-state index in [1.807, 2.05) is 4.90 Å². The van der Waals surface area contributed by atoms with Crippen LogP contribution in [0.3, 0.4) is 0 Å². The molecule has 2 fully saturated rings. The molecule has 0 atom stereocenters. The van der Waals surface area contributed by atoms with Gasteiger partial charge in [-0.15, -0.1) is 0 Å². The summed E-state index contributed by atoms with van der Waals surface area (Å²) in [7, 11) is 0. The minimum atomic E-state index is -0.256. The van der Waals surface area contributed by atoms with Gasteiger partial charge < -0.3 is 14.6 Å². The third-order valence-electron chi connectivity index (χ3n) is 5.12. The Bertz CT molecular complexity index is 767. The van der Waals surface area contributed by atoms with Crippen LogP contribution >= 0.6 is 0 Å². The molecule has 1 aliphatic heterocycles. The molecule has 2 aromatic heterocycles. The number of furan rings is 1. The highest BCUT2D eigenvalue weighted by Crippen LogP contribution is 2.27.